The maximum atomic E-state index is 13.8. The topological polar surface area (TPSA) is 47.6 Å². The fourth-order valence-electron chi connectivity index (χ4n) is 3.10. The van der Waals surface area contributed by atoms with Crippen LogP contribution in [0.3, 0.4) is 0 Å². The second kappa shape index (κ2) is 9.32. The highest BCUT2D eigenvalue weighted by Gasteiger charge is 2.18. The van der Waals surface area contributed by atoms with Crippen LogP contribution in [0.1, 0.15) is 5.56 Å². The molecule has 0 saturated carbocycles. The summed E-state index contributed by atoms with van der Waals surface area (Å²) in [6.07, 6.45) is 0. The van der Waals surface area contributed by atoms with Crippen LogP contribution < -0.4 is 15.5 Å². The molecule has 0 bridgehead atoms. The first kappa shape index (κ1) is 19.1. The lowest BCUT2D eigenvalue weighted by atomic mass is 10.2. The molecule has 2 aromatic carbocycles. The summed E-state index contributed by atoms with van der Waals surface area (Å²) in [6.45, 7) is 4.81. The van der Waals surface area contributed by atoms with E-state index in [0.29, 0.717) is 18.8 Å². The van der Waals surface area contributed by atoms with Crippen molar-refractivity contribution in [1.82, 2.24) is 15.5 Å². The van der Waals surface area contributed by atoms with Crippen molar-refractivity contribution in [2.45, 2.75) is 6.54 Å². The van der Waals surface area contributed by atoms with E-state index >= 15 is 0 Å². The van der Waals surface area contributed by atoms with E-state index in [0.717, 1.165) is 38.3 Å². The van der Waals surface area contributed by atoms with Gasteiger partial charge in [0, 0.05) is 45.8 Å². The Bertz CT molecular complexity index is 746. The molecule has 5 nitrogen and oxygen atoms in total. The SMILES string of the molecule is O=C(NCCN1CCN(c2ccccc2F)CC1)NCc1ccc(F)cc1. The maximum Gasteiger partial charge on any atom is 0.315 e. The second-order valence-corrected chi connectivity index (χ2v) is 6.52. The zero-order valence-electron chi connectivity index (χ0n) is 15.1. The molecule has 1 aliphatic heterocycles. The molecule has 27 heavy (non-hydrogen) atoms. The standard InChI is InChI=1S/C20H24F2N4O/c21-17-7-5-16(6-8-17)15-24-20(27)23-9-10-25-11-13-26(14-12-25)19-4-2-1-3-18(19)22/h1-8H,9-15H2,(H2,23,24,27). The van der Waals surface area contributed by atoms with Gasteiger partial charge in [-0.1, -0.05) is 24.3 Å². The van der Waals surface area contributed by atoms with Crippen LogP contribution in [-0.2, 0) is 6.54 Å². The summed E-state index contributed by atoms with van der Waals surface area (Å²) in [7, 11) is 0. The Labute approximate surface area is 158 Å². The van der Waals surface area contributed by atoms with E-state index < -0.39 is 0 Å². The third kappa shape index (κ3) is 5.65. The summed E-state index contributed by atoms with van der Waals surface area (Å²) in [5.74, 6) is -0.483. The zero-order chi connectivity index (χ0) is 19.1. The lowest BCUT2D eigenvalue weighted by Gasteiger charge is -2.36. The van der Waals surface area contributed by atoms with E-state index in [9.17, 15) is 13.6 Å². The number of piperazine rings is 1. The Morgan fingerprint density at radius 2 is 1.63 bits per heavy atom. The predicted molar refractivity (Wildman–Crippen MR) is 102 cm³/mol. The van der Waals surface area contributed by atoms with Gasteiger partial charge in [-0.25, -0.2) is 13.6 Å². The first-order valence-electron chi connectivity index (χ1n) is 9.10. The highest BCUT2D eigenvalue weighted by atomic mass is 19.1. The summed E-state index contributed by atoms with van der Waals surface area (Å²) in [6, 6.07) is 12.6. The lowest BCUT2D eigenvalue weighted by Crippen LogP contribution is -2.49. The van der Waals surface area contributed by atoms with E-state index in [-0.39, 0.29) is 17.7 Å². The third-order valence-electron chi connectivity index (χ3n) is 4.65. The van der Waals surface area contributed by atoms with Crippen LogP contribution in [0.15, 0.2) is 48.5 Å². The number of urea groups is 1. The van der Waals surface area contributed by atoms with Crippen LogP contribution in [0.25, 0.3) is 0 Å². The molecule has 0 radical (unpaired) electrons. The summed E-state index contributed by atoms with van der Waals surface area (Å²) in [5.41, 5.74) is 1.49. The van der Waals surface area contributed by atoms with Gasteiger partial charge in [-0.05, 0) is 29.8 Å². The van der Waals surface area contributed by atoms with Crippen molar-refractivity contribution in [1.29, 1.82) is 0 Å². The van der Waals surface area contributed by atoms with Crippen molar-refractivity contribution in [2.24, 2.45) is 0 Å². The molecule has 0 unspecified atom stereocenters. The van der Waals surface area contributed by atoms with E-state index in [1.165, 1.54) is 18.2 Å². The molecule has 1 heterocycles. The van der Waals surface area contributed by atoms with Gasteiger partial charge >= 0.3 is 6.03 Å². The number of nitrogens with one attached hydrogen (secondary N) is 2. The number of rotatable bonds is 6. The van der Waals surface area contributed by atoms with Crippen LogP contribution in [0.2, 0.25) is 0 Å². The fourth-order valence-corrected chi connectivity index (χ4v) is 3.10. The van der Waals surface area contributed by atoms with Crippen molar-refractivity contribution >= 4 is 11.7 Å². The van der Waals surface area contributed by atoms with Crippen LogP contribution in [0.5, 0.6) is 0 Å². The van der Waals surface area contributed by atoms with Gasteiger partial charge in [-0.3, -0.25) is 4.90 Å². The highest BCUT2D eigenvalue weighted by molar-refractivity contribution is 5.73. The summed E-state index contributed by atoms with van der Waals surface area (Å²) < 4.78 is 26.7. The summed E-state index contributed by atoms with van der Waals surface area (Å²) >= 11 is 0. The van der Waals surface area contributed by atoms with Crippen molar-refractivity contribution in [3.05, 3.63) is 65.7 Å². The van der Waals surface area contributed by atoms with E-state index in [2.05, 4.69) is 20.4 Å². The van der Waals surface area contributed by atoms with Gasteiger partial charge in [0.1, 0.15) is 11.6 Å². The van der Waals surface area contributed by atoms with Crippen molar-refractivity contribution < 1.29 is 13.6 Å². The molecule has 2 amide bonds. The minimum Gasteiger partial charge on any atom is -0.367 e. The molecule has 3 rings (SSSR count). The first-order chi connectivity index (χ1) is 13.1. The Morgan fingerprint density at radius 1 is 0.926 bits per heavy atom. The number of carbonyl (C=O) groups is 1. The Balaban J connectivity index is 1.32. The Morgan fingerprint density at radius 3 is 2.33 bits per heavy atom. The summed E-state index contributed by atoms with van der Waals surface area (Å²) in [4.78, 5) is 16.1. The molecule has 0 aliphatic carbocycles. The molecule has 1 saturated heterocycles. The third-order valence-corrected chi connectivity index (χ3v) is 4.65. The van der Waals surface area contributed by atoms with Gasteiger partial charge in [0.15, 0.2) is 0 Å². The van der Waals surface area contributed by atoms with Gasteiger partial charge in [-0.2, -0.15) is 0 Å². The number of anilines is 1. The van der Waals surface area contributed by atoms with E-state index in [1.54, 1.807) is 24.3 Å². The molecule has 0 spiro atoms. The fraction of sp³-hybridized carbons (Fsp3) is 0.350. The normalized spacial score (nSPS) is 14.8. The smallest absolute Gasteiger partial charge is 0.315 e. The first-order valence-corrected chi connectivity index (χ1v) is 9.10. The van der Waals surface area contributed by atoms with Gasteiger partial charge < -0.3 is 15.5 Å². The molecule has 0 aromatic heterocycles. The molecule has 1 fully saturated rings. The molecule has 7 heteroatoms. The maximum absolute atomic E-state index is 13.8. The number of hydrogen-bond donors (Lipinski definition) is 2. The highest BCUT2D eigenvalue weighted by Crippen LogP contribution is 2.19. The minimum absolute atomic E-state index is 0.189. The number of hydrogen-bond acceptors (Lipinski definition) is 3. The van der Waals surface area contributed by atoms with Crippen molar-refractivity contribution in [2.75, 3.05) is 44.2 Å². The number of benzene rings is 2. The van der Waals surface area contributed by atoms with E-state index in [4.69, 9.17) is 0 Å². The molecule has 2 N–H and O–H groups in total. The number of amides is 2. The monoisotopic (exact) mass is 374 g/mol. The lowest BCUT2D eigenvalue weighted by molar-refractivity contribution is 0.231. The number of halogens is 2. The van der Waals surface area contributed by atoms with Gasteiger partial charge in [0.05, 0.1) is 5.69 Å². The molecular weight excluding hydrogens is 350 g/mol. The van der Waals surface area contributed by atoms with Crippen LogP contribution in [0, 0.1) is 11.6 Å². The average Bonchev–Trinajstić information content (AvgIpc) is 2.69. The number of carbonyl (C=O) groups excluding carboxylic acids is 1. The number of nitrogens with zero attached hydrogens (tertiary/aromatic N) is 2. The molecule has 144 valence electrons. The number of para-hydroxylation sites is 1. The predicted octanol–water partition coefficient (Wildman–Crippen LogP) is 2.59. The molecular formula is C20H24F2N4O. The van der Waals surface area contributed by atoms with Crippen molar-refractivity contribution in [3.63, 3.8) is 0 Å². The van der Waals surface area contributed by atoms with Gasteiger partial charge in [-0.15, -0.1) is 0 Å². The Hall–Kier alpha value is -2.67. The average molecular weight is 374 g/mol. The quantitative estimate of drug-likeness (QED) is 0.817. The summed E-state index contributed by atoms with van der Waals surface area (Å²) in [5, 5.41) is 5.57. The van der Waals surface area contributed by atoms with E-state index in [1.807, 2.05) is 6.07 Å². The largest absolute Gasteiger partial charge is 0.367 e. The molecule has 1 aliphatic rings. The van der Waals surface area contributed by atoms with Gasteiger partial charge in [0.2, 0.25) is 0 Å². The molecule has 0 atom stereocenters. The van der Waals surface area contributed by atoms with Gasteiger partial charge in [0.25, 0.3) is 0 Å². The second-order valence-electron chi connectivity index (χ2n) is 6.52. The zero-order valence-corrected chi connectivity index (χ0v) is 15.1. The minimum atomic E-state index is -0.293. The Kier molecular flexibility index (Phi) is 6.59. The van der Waals surface area contributed by atoms with Crippen LogP contribution in [-0.4, -0.2) is 50.2 Å². The van der Waals surface area contributed by atoms with Crippen molar-refractivity contribution in [3.8, 4) is 0 Å². The van der Waals surface area contributed by atoms with Crippen LogP contribution in [0.4, 0.5) is 19.3 Å². The van der Waals surface area contributed by atoms with Crippen LogP contribution >= 0.6 is 0 Å². The molecule has 2 aromatic rings.